The van der Waals surface area contributed by atoms with Crippen LogP contribution in [0.5, 0.6) is 5.75 Å². The molecule has 0 aliphatic carbocycles. The van der Waals surface area contributed by atoms with Gasteiger partial charge in [-0.05, 0) is 34.1 Å². The molecule has 0 fully saturated rings. The number of rotatable bonds is 4. The van der Waals surface area contributed by atoms with Gasteiger partial charge in [0.2, 0.25) is 6.10 Å². The van der Waals surface area contributed by atoms with Gasteiger partial charge in [-0.25, -0.2) is 5.84 Å². The third-order valence-electron chi connectivity index (χ3n) is 2.62. The number of hydrazine groups is 1. The highest BCUT2D eigenvalue weighted by Gasteiger charge is 2.22. The summed E-state index contributed by atoms with van der Waals surface area (Å²) in [6.07, 6.45) is -0.807. The third-order valence-corrected chi connectivity index (χ3v) is 3.73. The van der Waals surface area contributed by atoms with Gasteiger partial charge in [-0.2, -0.15) is 0 Å². The zero-order chi connectivity index (χ0) is 14.5. The molecule has 2 aromatic rings. The largest absolute Gasteiger partial charge is 0.475 e. The first-order valence-corrected chi connectivity index (χ1v) is 7.37. The number of carbonyl (C=O) groups is 1. The van der Waals surface area contributed by atoms with Gasteiger partial charge >= 0.3 is 0 Å². The molecular weight excluding hydrogens is 388 g/mol. The number of hydrogen-bond donors (Lipinski definition) is 2. The zero-order valence-electron chi connectivity index (χ0n) is 10.3. The Balaban J connectivity index is 2.31. The van der Waals surface area contributed by atoms with Crippen LogP contribution in [0, 0.1) is 0 Å². The van der Waals surface area contributed by atoms with Crippen molar-refractivity contribution >= 4 is 37.8 Å². The van der Waals surface area contributed by atoms with Gasteiger partial charge in [0.15, 0.2) is 0 Å². The van der Waals surface area contributed by atoms with Gasteiger partial charge in [-0.3, -0.25) is 10.2 Å². The van der Waals surface area contributed by atoms with Crippen LogP contribution in [-0.4, -0.2) is 5.91 Å². The lowest BCUT2D eigenvalue weighted by Crippen LogP contribution is -2.37. The van der Waals surface area contributed by atoms with E-state index in [1.165, 1.54) is 0 Å². The summed E-state index contributed by atoms with van der Waals surface area (Å²) in [6.45, 7) is 0. The summed E-state index contributed by atoms with van der Waals surface area (Å²) >= 11 is 6.77. The first-order chi connectivity index (χ1) is 9.61. The Morgan fingerprint density at radius 1 is 1.15 bits per heavy atom. The molecule has 6 heteroatoms. The summed E-state index contributed by atoms with van der Waals surface area (Å²) < 4.78 is 7.44. The van der Waals surface area contributed by atoms with Crippen molar-refractivity contribution in [3.05, 3.63) is 63.0 Å². The second-order valence-electron chi connectivity index (χ2n) is 3.99. The maximum atomic E-state index is 11.9. The van der Waals surface area contributed by atoms with E-state index in [9.17, 15) is 4.79 Å². The summed E-state index contributed by atoms with van der Waals surface area (Å²) in [7, 11) is 0. The van der Waals surface area contributed by atoms with Crippen LogP contribution in [0.1, 0.15) is 11.7 Å². The van der Waals surface area contributed by atoms with Crippen LogP contribution in [0.2, 0.25) is 0 Å². The maximum absolute atomic E-state index is 11.9. The van der Waals surface area contributed by atoms with E-state index in [4.69, 9.17) is 10.6 Å². The Labute approximate surface area is 133 Å². The zero-order valence-corrected chi connectivity index (χ0v) is 13.5. The molecule has 0 bridgehead atoms. The summed E-state index contributed by atoms with van der Waals surface area (Å²) in [6, 6.07) is 14.6. The molecule has 0 aliphatic heterocycles. The van der Waals surface area contributed by atoms with Crippen molar-refractivity contribution in [3.63, 3.8) is 0 Å². The second-order valence-corrected chi connectivity index (χ2v) is 5.76. The maximum Gasteiger partial charge on any atom is 0.279 e. The van der Waals surface area contributed by atoms with E-state index >= 15 is 0 Å². The minimum absolute atomic E-state index is 0.411. The summed E-state index contributed by atoms with van der Waals surface area (Å²) in [5.41, 5.74) is 2.85. The molecule has 0 heterocycles. The Hall–Kier alpha value is -1.37. The van der Waals surface area contributed by atoms with Crippen LogP contribution in [0.3, 0.4) is 0 Å². The minimum Gasteiger partial charge on any atom is -0.475 e. The van der Waals surface area contributed by atoms with E-state index in [0.29, 0.717) is 5.75 Å². The van der Waals surface area contributed by atoms with Crippen molar-refractivity contribution in [1.82, 2.24) is 5.43 Å². The molecule has 0 spiro atoms. The van der Waals surface area contributed by atoms with Gasteiger partial charge in [0.05, 0.1) is 4.47 Å². The molecule has 2 rings (SSSR count). The molecule has 1 atom stereocenters. The molecule has 2 aromatic carbocycles. The van der Waals surface area contributed by atoms with Crippen LogP contribution >= 0.6 is 31.9 Å². The van der Waals surface area contributed by atoms with Gasteiger partial charge < -0.3 is 4.74 Å². The molecule has 1 amide bonds. The molecule has 0 saturated carbocycles. The van der Waals surface area contributed by atoms with Gasteiger partial charge in [0, 0.05) is 10.0 Å². The van der Waals surface area contributed by atoms with Gasteiger partial charge in [0.1, 0.15) is 5.75 Å². The van der Waals surface area contributed by atoms with Crippen molar-refractivity contribution in [1.29, 1.82) is 0 Å². The van der Waals surface area contributed by atoms with Crippen LogP contribution in [-0.2, 0) is 4.79 Å². The lowest BCUT2D eigenvalue weighted by Gasteiger charge is -2.18. The van der Waals surface area contributed by atoms with E-state index in [0.717, 1.165) is 14.5 Å². The average Bonchev–Trinajstić information content (AvgIpc) is 2.46. The van der Waals surface area contributed by atoms with E-state index in [-0.39, 0.29) is 0 Å². The second kappa shape index (κ2) is 6.88. The Morgan fingerprint density at radius 3 is 2.45 bits per heavy atom. The molecule has 3 N–H and O–H groups in total. The van der Waals surface area contributed by atoms with Crippen LogP contribution in [0.25, 0.3) is 0 Å². The highest BCUT2D eigenvalue weighted by atomic mass is 79.9. The molecule has 4 nitrogen and oxygen atoms in total. The Kier molecular flexibility index (Phi) is 5.17. The van der Waals surface area contributed by atoms with Gasteiger partial charge in [-0.1, -0.05) is 46.3 Å². The molecule has 0 saturated heterocycles. The van der Waals surface area contributed by atoms with E-state index < -0.39 is 12.0 Å². The van der Waals surface area contributed by atoms with Crippen molar-refractivity contribution in [2.45, 2.75) is 6.10 Å². The topological polar surface area (TPSA) is 64.3 Å². The van der Waals surface area contributed by atoms with Crippen LogP contribution in [0.4, 0.5) is 0 Å². The molecule has 0 radical (unpaired) electrons. The first-order valence-electron chi connectivity index (χ1n) is 5.79. The summed E-state index contributed by atoms with van der Waals surface area (Å²) in [5, 5.41) is 0. The lowest BCUT2D eigenvalue weighted by atomic mass is 10.1. The highest BCUT2D eigenvalue weighted by Crippen LogP contribution is 2.31. The lowest BCUT2D eigenvalue weighted by molar-refractivity contribution is -0.128. The minimum atomic E-state index is -0.807. The standard InChI is InChI=1S/C14H12Br2N2O2/c15-10-6-7-12(11(16)8-10)20-13(14(19)18-17)9-4-2-1-3-5-9/h1-8,13H,17H2,(H,18,19). The number of nitrogens with two attached hydrogens (primary N) is 1. The highest BCUT2D eigenvalue weighted by molar-refractivity contribution is 9.11. The number of ether oxygens (including phenoxy) is 1. The summed E-state index contributed by atoms with van der Waals surface area (Å²) in [4.78, 5) is 11.9. The quantitative estimate of drug-likeness (QED) is 0.470. The van der Waals surface area contributed by atoms with Crippen LogP contribution < -0.4 is 16.0 Å². The fraction of sp³-hybridized carbons (Fsp3) is 0.0714. The van der Waals surface area contributed by atoms with Crippen molar-refractivity contribution < 1.29 is 9.53 Å². The number of hydrogen-bond acceptors (Lipinski definition) is 3. The normalized spacial score (nSPS) is 11.8. The van der Waals surface area contributed by atoms with Crippen molar-refractivity contribution in [2.24, 2.45) is 5.84 Å². The van der Waals surface area contributed by atoms with E-state index in [2.05, 4.69) is 37.3 Å². The SMILES string of the molecule is NNC(=O)C(Oc1ccc(Br)cc1Br)c1ccccc1. The predicted molar refractivity (Wildman–Crippen MR) is 84.0 cm³/mol. The molecule has 104 valence electrons. The molecule has 0 aliphatic rings. The molecule has 20 heavy (non-hydrogen) atoms. The molecule has 0 aromatic heterocycles. The van der Waals surface area contributed by atoms with Gasteiger partial charge in [-0.15, -0.1) is 0 Å². The van der Waals surface area contributed by atoms with Crippen LogP contribution in [0.15, 0.2) is 57.5 Å². The molecule has 1 unspecified atom stereocenters. The predicted octanol–water partition coefficient (Wildman–Crippen LogP) is 3.32. The van der Waals surface area contributed by atoms with Gasteiger partial charge in [0.25, 0.3) is 5.91 Å². The molecular formula is C14H12Br2N2O2. The van der Waals surface area contributed by atoms with E-state index in [1.807, 2.05) is 42.5 Å². The van der Waals surface area contributed by atoms with Crippen molar-refractivity contribution in [3.8, 4) is 5.75 Å². The fourth-order valence-electron chi connectivity index (χ4n) is 1.67. The Bertz CT molecular complexity index is 605. The smallest absolute Gasteiger partial charge is 0.279 e. The monoisotopic (exact) mass is 398 g/mol. The number of carbonyl (C=O) groups excluding carboxylic acids is 1. The number of amides is 1. The van der Waals surface area contributed by atoms with Crippen molar-refractivity contribution in [2.75, 3.05) is 0 Å². The third kappa shape index (κ3) is 3.59. The average molecular weight is 400 g/mol. The van der Waals surface area contributed by atoms with E-state index in [1.54, 1.807) is 6.07 Å². The number of halogens is 2. The number of benzene rings is 2. The summed E-state index contributed by atoms with van der Waals surface area (Å²) in [5.74, 6) is 5.38. The Morgan fingerprint density at radius 2 is 1.85 bits per heavy atom. The first kappa shape index (κ1) is 15.0. The number of nitrogens with one attached hydrogen (secondary N) is 1. The fourth-order valence-corrected chi connectivity index (χ4v) is 2.81.